The van der Waals surface area contributed by atoms with Crippen molar-refractivity contribution >= 4 is 5.78 Å². The summed E-state index contributed by atoms with van der Waals surface area (Å²) < 4.78 is 4.86. The maximum absolute atomic E-state index is 11.4. The third-order valence-corrected chi connectivity index (χ3v) is 1.61. The molecule has 1 heterocycles. The van der Waals surface area contributed by atoms with Crippen LogP contribution >= 0.6 is 0 Å². The Morgan fingerprint density at radius 3 is 2.54 bits per heavy atom. The Labute approximate surface area is 75.0 Å². The first-order valence-electron chi connectivity index (χ1n) is 3.58. The SMILES string of the molecule is Cc1ccoc1C(=O)C(C#N)C#N. The number of carbonyl (C=O) groups excluding carboxylic acids is 1. The quantitative estimate of drug-likeness (QED) is 0.635. The van der Waals surface area contributed by atoms with E-state index in [1.54, 1.807) is 25.1 Å². The van der Waals surface area contributed by atoms with Gasteiger partial charge in [-0.15, -0.1) is 0 Å². The average Bonchev–Trinajstić information content (AvgIpc) is 2.53. The zero-order chi connectivity index (χ0) is 9.84. The lowest BCUT2D eigenvalue weighted by molar-refractivity contribution is 0.0943. The van der Waals surface area contributed by atoms with Gasteiger partial charge in [0.25, 0.3) is 0 Å². The van der Waals surface area contributed by atoms with Crippen molar-refractivity contribution in [3.8, 4) is 12.1 Å². The molecule has 0 N–H and O–H groups in total. The second kappa shape index (κ2) is 3.55. The van der Waals surface area contributed by atoms with Gasteiger partial charge < -0.3 is 4.42 Å². The van der Waals surface area contributed by atoms with Crippen LogP contribution in [0, 0.1) is 35.5 Å². The van der Waals surface area contributed by atoms with Crippen molar-refractivity contribution < 1.29 is 9.21 Å². The third-order valence-electron chi connectivity index (χ3n) is 1.61. The topological polar surface area (TPSA) is 77.8 Å². The number of nitriles is 2. The van der Waals surface area contributed by atoms with Crippen molar-refractivity contribution in [2.24, 2.45) is 5.92 Å². The zero-order valence-corrected chi connectivity index (χ0v) is 6.94. The first kappa shape index (κ1) is 9.02. The maximum Gasteiger partial charge on any atom is 0.229 e. The van der Waals surface area contributed by atoms with Gasteiger partial charge in [0.2, 0.25) is 5.78 Å². The number of carbonyl (C=O) groups is 1. The second-order valence-corrected chi connectivity index (χ2v) is 2.49. The molecule has 0 aliphatic carbocycles. The molecule has 0 aliphatic heterocycles. The van der Waals surface area contributed by atoms with Crippen LogP contribution in [0.4, 0.5) is 0 Å². The number of hydrogen-bond donors (Lipinski definition) is 0. The molecule has 64 valence electrons. The Bertz CT molecular complexity index is 392. The van der Waals surface area contributed by atoms with Gasteiger partial charge >= 0.3 is 0 Å². The molecule has 4 nitrogen and oxygen atoms in total. The zero-order valence-electron chi connectivity index (χ0n) is 6.94. The van der Waals surface area contributed by atoms with E-state index in [-0.39, 0.29) is 5.76 Å². The summed E-state index contributed by atoms with van der Waals surface area (Å²) in [7, 11) is 0. The molecule has 0 unspecified atom stereocenters. The standard InChI is InChI=1S/C9H6N2O2/c1-6-2-3-13-9(6)8(12)7(4-10)5-11/h2-3,7H,1H3. The molecule has 0 fully saturated rings. The van der Waals surface area contributed by atoms with E-state index < -0.39 is 11.7 Å². The molecule has 0 aromatic carbocycles. The Morgan fingerprint density at radius 2 is 2.15 bits per heavy atom. The van der Waals surface area contributed by atoms with Gasteiger partial charge in [-0.25, -0.2) is 0 Å². The first-order chi connectivity index (χ1) is 6.20. The summed E-state index contributed by atoms with van der Waals surface area (Å²) in [4.78, 5) is 11.4. The van der Waals surface area contributed by atoms with E-state index >= 15 is 0 Å². The van der Waals surface area contributed by atoms with E-state index in [9.17, 15) is 4.79 Å². The molecule has 0 saturated heterocycles. The molecule has 4 heteroatoms. The molecule has 0 atom stereocenters. The molecule has 0 radical (unpaired) electrons. The number of Topliss-reactive ketones (excluding diaryl/α,β-unsaturated/α-hetero) is 1. The summed E-state index contributed by atoms with van der Waals surface area (Å²) in [6.45, 7) is 1.68. The van der Waals surface area contributed by atoms with Gasteiger partial charge in [-0.05, 0) is 18.6 Å². The van der Waals surface area contributed by atoms with Crippen LogP contribution in [0.2, 0.25) is 0 Å². The summed E-state index contributed by atoms with van der Waals surface area (Å²) in [5, 5.41) is 16.9. The normalized spacial score (nSPS) is 9.23. The molecule has 0 saturated carbocycles. The highest BCUT2D eigenvalue weighted by molar-refractivity contribution is 5.99. The lowest BCUT2D eigenvalue weighted by Gasteiger charge is -1.96. The lowest BCUT2D eigenvalue weighted by atomic mass is 10.0. The number of aryl methyl sites for hydroxylation is 1. The summed E-state index contributed by atoms with van der Waals surface area (Å²) in [5.74, 6) is -1.76. The summed E-state index contributed by atoms with van der Waals surface area (Å²) in [5.41, 5.74) is 0.639. The Kier molecular flexibility index (Phi) is 2.47. The minimum Gasteiger partial charge on any atom is -0.461 e. The number of hydrogen-bond acceptors (Lipinski definition) is 4. The first-order valence-corrected chi connectivity index (χ1v) is 3.58. The fourth-order valence-corrected chi connectivity index (χ4v) is 0.902. The van der Waals surface area contributed by atoms with Crippen molar-refractivity contribution in [2.75, 3.05) is 0 Å². The van der Waals surface area contributed by atoms with E-state index in [1.165, 1.54) is 6.26 Å². The van der Waals surface area contributed by atoms with Crippen LogP contribution in [0.15, 0.2) is 16.7 Å². The van der Waals surface area contributed by atoms with E-state index in [2.05, 4.69) is 0 Å². The van der Waals surface area contributed by atoms with E-state index in [4.69, 9.17) is 14.9 Å². The predicted molar refractivity (Wildman–Crippen MR) is 42.5 cm³/mol. The Balaban J connectivity index is 3.01. The maximum atomic E-state index is 11.4. The molecule has 0 amide bonds. The Morgan fingerprint density at radius 1 is 1.54 bits per heavy atom. The van der Waals surface area contributed by atoms with Crippen molar-refractivity contribution in [3.63, 3.8) is 0 Å². The van der Waals surface area contributed by atoms with Gasteiger partial charge in [0.15, 0.2) is 11.7 Å². The highest BCUT2D eigenvalue weighted by Crippen LogP contribution is 2.13. The minimum atomic E-state index is -1.27. The van der Waals surface area contributed by atoms with Crippen LogP contribution in [-0.2, 0) is 0 Å². The number of ketones is 1. The molecule has 1 aromatic heterocycles. The van der Waals surface area contributed by atoms with Crippen LogP contribution in [-0.4, -0.2) is 5.78 Å². The monoisotopic (exact) mass is 174 g/mol. The van der Waals surface area contributed by atoms with Crippen LogP contribution in [0.1, 0.15) is 16.1 Å². The van der Waals surface area contributed by atoms with Gasteiger partial charge in [-0.2, -0.15) is 10.5 Å². The van der Waals surface area contributed by atoms with Gasteiger partial charge in [0, 0.05) is 0 Å². The molecular weight excluding hydrogens is 168 g/mol. The highest BCUT2D eigenvalue weighted by atomic mass is 16.3. The number of nitrogens with zero attached hydrogens (tertiary/aromatic N) is 2. The smallest absolute Gasteiger partial charge is 0.229 e. The fraction of sp³-hybridized carbons (Fsp3) is 0.222. The van der Waals surface area contributed by atoms with Crippen molar-refractivity contribution in [2.45, 2.75) is 6.92 Å². The lowest BCUT2D eigenvalue weighted by Crippen LogP contribution is -2.10. The van der Waals surface area contributed by atoms with Gasteiger partial charge in [-0.1, -0.05) is 0 Å². The van der Waals surface area contributed by atoms with Crippen molar-refractivity contribution in [1.29, 1.82) is 10.5 Å². The average molecular weight is 174 g/mol. The number of rotatable bonds is 2. The Hall–Kier alpha value is -2.07. The molecule has 1 aromatic rings. The van der Waals surface area contributed by atoms with E-state index in [0.717, 1.165) is 0 Å². The summed E-state index contributed by atoms with van der Waals surface area (Å²) in [6.07, 6.45) is 1.36. The molecular formula is C9H6N2O2. The van der Waals surface area contributed by atoms with E-state index in [1.807, 2.05) is 0 Å². The van der Waals surface area contributed by atoms with Crippen LogP contribution in [0.5, 0.6) is 0 Å². The number of furan rings is 1. The second-order valence-electron chi connectivity index (χ2n) is 2.49. The largest absolute Gasteiger partial charge is 0.461 e. The summed E-state index contributed by atoms with van der Waals surface area (Å²) >= 11 is 0. The fourth-order valence-electron chi connectivity index (χ4n) is 0.902. The van der Waals surface area contributed by atoms with Crippen LogP contribution in [0.3, 0.4) is 0 Å². The van der Waals surface area contributed by atoms with Gasteiger partial charge in [0.05, 0.1) is 18.4 Å². The van der Waals surface area contributed by atoms with Crippen LogP contribution in [0.25, 0.3) is 0 Å². The molecule has 0 aliphatic rings. The van der Waals surface area contributed by atoms with Crippen molar-refractivity contribution in [3.05, 3.63) is 23.7 Å². The van der Waals surface area contributed by atoms with Crippen molar-refractivity contribution in [1.82, 2.24) is 0 Å². The minimum absolute atomic E-state index is 0.0908. The van der Waals surface area contributed by atoms with Crippen LogP contribution < -0.4 is 0 Å². The highest BCUT2D eigenvalue weighted by Gasteiger charge is 2.23. The molecule has 1 rings (SSSR count). The molecule has 13 heavy (non-hydrogen) atoms. The third kappa shape index (κ3) is 1.57. The molecule has 0 bridgehead atoms. The molecule has 0 spiro atoms. The van der Waals surface area contributed by atoms with E-state index in [0.29, 0.717) is 5.56 Å². The van der Waals surface area contributed by atoms with Gasteiger partial charge in [-0.3, -0.25) is 4.79 Å². The predicted octanol–water partition coefficient (Wildman–Crippen LogP) is 1.43. The van der Waals surface area contributed by atoms with Gasteiger partial charge in [0.1, 0.15) is 0 Å². The summed E-state index contributed by atoms with van der Waals surface area (Å²) in [6, 6.07) is 4.80.